The van der Waals surface area contributed by atoms with Crippen molar-refractivity contribution in [2.24, 2.45) is 0 Å². The lowest BCUT2D eigenvalue weighted by molar-refractivity contribution is 0.0341. The molecule has 6 nitrogen and oxygen atoms in total. The van der Waals surface area contributed by atoms with Crippen LogP contribution in [0, 0.1) is 0 Å². The Labute approximate surface area is 173 Å². The fraction of sp³-hybridized carbons (Fsp3) is 0.350. The van der Waals surface area contributed by atoms with E-state index < -0.39 is 0 Å². The van der Waals surface area contributed by atoms with Gasteiger partial charge in [-0.05, 0) is 24.5 Å². The van der Waals surface area contributed by atoms with Gasteiger partial charge in [0.15, 0.2) is 0 Å². The number of hydrogen-bond acceptors (Lipinski definition) is 8. The number of hydrogen-bond donors (Lipinski definition) is 1. The van der Waals surface area contributed by atoms with Gasteiger partial charge in [-0.3, -0.25) is 4.90 Å². The molecule has 0 saturated carbocycles. The van der Waals surface area contributed by atoms with E-state index in [-0.39, 0.29) is 0 Å². The lowest BCUT2D eigenvalue weighted by Gasteiger charge is -2.25. The topological polar surface area (TPSA) is 63.2 Å². The highest BCUT2D eigenvalue weighted by Crippen LogP contribution is 2.37. The lowest BCUT2D eigenvalue weighted by Crippen LogP contribution is -2.35. The standard InChI is InChI=1S/C20H21N5OS2/c27-15-3-1-2-14(10-15)22-20-21-11-13-4-5-16-19(18(13)24-20)28-17(23-16)12-25-6-8-26-9-7-25/h1-3,10-11,27H,4-9,12H2,(H,21,22,24)/p-1. The molecule has 2 aromatic heterocycles. The molecule has 3 aromatic rings. The molecule has 8 heteroatoms. The summed E-state index contributed by atoms with van der Waals surface area (Å²) in [6, 6.07) is 7.71. The molecule has 144 valence electrons. The quantitative estimate of drug-likeness (QED) is 0.663. The van der Waals surface area contributed by atoms with Crippen molar-refractivity contribution in [3.05, 3.63) is 46.7 Å². The molecule has 1 saturated heterocycles. The van der Waals surface area contributed by atoms with Crippen molar-refractivity contribution < 1.29 is 4.74 Å². The summed E-state index contributed by atoms with van der Waals surface area (Å²) in [5.41, 5.74) is 4.27. The molecule has 1 aliphatic carbocycles. The number of anilines is 2. The highest BCUT2D eigenvalue weighted by molar-refractivity contribution is 7.58. The zero-order valence-corrected chi connectivity index (χ0v) is 17.0. The number of fused-ring (bicyclic) bond motifs is 3. The minimum atomic E-state index is 0.593. The van der Waals surface area contributed by atoms with E-state index in [1.165, 1.54) is 10.4 Å². The summed E-state index contributed by atoms with van der Waals surface area (Å²) in [5.74, 6) is 0.593. The molecule has 1 fully saturated rings. The predicted octanol–water partition coefficient (Wildman–Crippen LogP) is 3.18. The zero-order valence-electron chi connectivity index (χ0n) is 15.4. The van der Waals surface area contributed by atoms with Gasteiger partial charge in [0.1, 0.15) is 5.01 Å². The van der Waals surface area contributed by atoms with Crippen molar-refractivity contribution in [1.29, 1.82) is 0 Å². The summed E-state index contributed by atoms with van der Waals surface area (Å²) >= 11 is 7.00. The van der Waals surface area contributed by atoms with Crippen LogP contribution in [0.5, 0.6) is 0 Å². The second kappa shape index (κ2) is 7.71. The van der Waals surface area contributed by atoms with Gasteiger partial charge in [0.05, 0.1) is 36.0 Å². The Bertz CT molecular complexity index is 1000. The van der Waals surface area contributed by atoms with Crippen LogP contribution in [0.25, 0.3) is 10.6 Å². The average Bonchev–Trinajstić information content (AvgIpc) is 3.12. The van der Waals surface area contributed by atoms with Crippen LogP contribution >= 0.6 is 11.3 Å². The Morgan fingerprint density at radius 1 is 1.18 bits per heavy atom. The number of rotatable bonds is 4. The van der Waals surface area contributed by atoms with Gasteiger partial charge < -0.3 is 22.7 Å². The minimum Gasteiger partial charge on any atom is -0.780 e. The molecule has 5 rings (SSSR count). The van der Waals surface area contributed by atoms with E-state index in [1.54, 1.807) is 11.3 Å². The van der Waals surface area contributed by atoms with Crippen LogP contribution in [0.1, 0.15) is 16.3 Å². The minimum absolute atomic E-state index is 0.593. The summed E-state index contributed by atoms with van der Waals surface area (Å²) in [6.45, 7) is 4.44. The average molecular weight is 411 g/mol. The number of thiazole rings is 1. The van der Waals surface area contributed by atoms with E-state index in [4.69, 9.17) is 27.3 Å². The van der Waals surface area contributed by atoms with Crippen LogP contribution in [-0.4, -0.2) is 46.2 Å². The smallest absolute Gasteiger partial charge is 0.227 e. The second-order valence-corrected chi connectivity index (χ2v) is 8.55. The fourth-order valence-electron chi connectivity index (χ4n) is 3.58. The fourth-order valence-corrected chi connectivity index (χ4v) is 4.96. The van der Waals surface area contributed by atoms with Crippen molar-refractivity contribution in [2.45, 2.75) is 24.3 Å². The molecular weight excluding hydrogens is 390 g/mol. The molecule has 0 spiro atoms. The van der Waals surface area contributed by atoms with Gasteiger partial charge in [-0.2, -0.15) is 4.90 Å². The summed E-state index contributed by atoms with van der Waals surface area (Å²) in [5, 5.41) is 4.43. The van der Waals surface area contributed by atoms with Crippen LogP contribution in [0.4, 0.5) is 11.6 Å². The molecule has 2 aliphatic rings. The molecule has 1 aromatic carbocycles. The van der Waals surface area contributed by atoms with E-state index in [0.717, 1.165) is 72.7 Å². The van der Waals surface area contributed by atoms with Crippen LogP contribution in [0.3, 0.4) is 0 Å². The van der Waals surface area contributed by atoms with Crippen molar-refractivity contribution >= 4 is 35.6 Å². The monoisotopic (exact) mass is 410 g/mol. The number of aromatic nitrogens is 3. The van der Waals surface area contributed by atoms with Crippen LogP contribution in [0.2, 0.25) is 0 Å². The Balaban J connectivity index is 1.41. The van der Waals surface area contributed by atoms with Crippen LogP contribution in [0.15, 0.2) is 35.4 Å². The lowest BCUT2D eigenvalue weighted by atomic mass is 10.00. The normalized spacial score (nSPS) is 16.4. The molecule has 0 unspecified atom stereocenters. The summed E-state index contributed by atoms with van der Waals surface area (Å²) in [6.07, 6.45) is 3.83. The number of aryl methyl sites for hydroxylation is 2. The van der Waals surface area contributed by atoms with Gasteiger partial charge in [-0.1, -0.05) is 18.2 Å². The third-order valence-corrected chi connectivity index (χ3v) is 6.35. The van der Waals surface area contributed by atoms with Crippen LogP contribution < -0.4 is 5.32 Å². The van der Waals surface area contributed by atoms with Gasteiger partial charge in [0, 0.05) is 25.0 Å². The Hall–Kier alpha value is -2.13. The first kappa shape index (κ1) is 17.9. The second-order valence-electron chi connectivity index (χ2n) is 6.99. The van der Waals surface area contributed by atoms with Crippen molar-refractivity contribution in [2.75, 3.05) is 31.6 Å². The van der Waals surface area contributed by atoms with Gasteiger partial charge in [0.2, 0.25) is 5.95 Å². The van der Waals surface area contributed by atoms with Gasteiger partial charge in [-0.15, -0.1) is 11.3 Å². The molecule has 1 N–H and O–H groups in total. The zero-order chi connectivity index (χ0) is 18.9. The first-order valence-corrected chi connectivity index (χ1v) is 10.7. The Morgan fingerprint density at radius 2 is 2.07 bits per heavy atom. The molecule has 0 radical (unpaired) electrons. The van der Waals surface area contributed by atoms with Gasteiger partial charge in [0.25, 0.3) is 0 Å². The molecule has 0 bridgehead atoms. The van der Waals surface area contributed by atoms with E-state index >= 15 is 0 Å². The first-order valence-electron chi connectivity index (χ1n) is 9.44. The molecule has 28 heavy (non-hydrogen) atoms. The van der Waals surface area contributed by atoms with E-state index in [9.17, 15) is 0 Å². The maximum atomic E-state index is 5.45. The number of nitrogens with one attached hydrogen (secondary N) is 1. The molecule has 1 aliphatic heterocycles. The Kier molecular flexibility index (Phi) is 4.94. The van der Waals surface area contributed by atoms with E-state index in [2.05, 4.69) is 15.2 Å². The summed E-state index contributed by atoms with van der Waals surface area (Å²) in [4.78, 5) is 18.6. The number of benzene rings is 1. The number of morpholine rings is 1. The number of ether oxygens (including phenoxy) is 1. The maximum absolute atomic E-state index is 5.45. The maximum Gasteiger partial charge on any atom is 0.227 e. The van der Waals surface area contributed by atoms with Gasteiger partial charge in [-0.25, -0.2) is 15.0 Å². The Morgan fingerprint density at radius 3 is 2.93 bits per heavy atom. The highest BCUT2D eigenvalue weighted by Gasteiger charge is 2.24. The summed E-state index contributed by atoms with van der Waals surface area (Å²) in [7, 11) is 0. The molecule has 0 atom stereocenters. The van der Waals surface area contributed by atoms with Crippen LogP contribution in [-0.2, 0) is 36.8 Å². The van der Waals surface area contributed by atoms with Crippen molar-refractivity contribution in [3.8, 4) is 10.6 Å². The highest BCUT2D eigenvalue weighted by atomic mass is 32.1. The summed E-state index contributed by atoms with van der Waals surface area (Å²) < 4.78 is 5.45. The largest absolute Gasteiger partial charge is 0.780 e. The van der Waals surface area contributed by atoms with Crippen molar-refractivity contribution in [1.82, 2.24) is 19.9 Å². The van der Waals surface area contributed by atoms with Crippen molar-refractivity contribution in [3.63, 3.8) is 0 Å². The molecule has 0 amide bonds. The number of nitrogens with zero attached hydrogens (tertiary/aromatic N) is 4. The third kappa shape index (κ3) is 3.73. The first-order chi connectivity index (χ1) is 13.7. The van der Waals surface area contributed by atoms with E-state index in [1.807, 2.05) is 30.5 Å². The molecule has 3 heterocycles. The van der Waals surface area contributed by atoms with Gasteiger partial charge >= 0.3 is 0 Å². The van der Waals surface area contributed by atoms with E-state index in [0.29, 0.717) is 5.95 Å². The SMILES string of the molecule is [S-]c1cccc(Nc2ncc3c(n2)-c2sc(CN4CCOCC4)nc2CC3)c1. The predicted molar refractivity (Wildman–Crippen MR) is 112 cm³/mol. The third-order valence-electron chi connectivity index (χ3n) is 5.01. The molecular formula is C20H20N5OS2-.